The number of ether oxygens (including phenoxy) is 2. The molecule has 4 aliphatic rings. The monoisotopic (exact) mass is 362 g/mol. The third-order valence-electron chi connectivity index (χ3n) is 9.26. The maximum Gasteiger partial charge on any atom is 0.146 e. The van der Waals surface area contributed by atoms with Gasteiger partial charge in [-0.05, 0) is 92.8 Å². The van der Waals surface area contributed by atoms with Crippen LogP contribution in [0.2, 0.25) is 0 Å². The van der Waals surface area contributed by atoms with Crippen LogP contribution in [0.1, 0.15) is 72.1 Å². The van der Waals surface area contributed by atoms with Crippen molar-refractivity contribution >= 4 is 0 Å². The fourth-order valence-electron chi connectivity index (χ4n) is 7.92. The molecule has 3 nitrogen and oxygen atoms in total. The van der Waals surface area contributed by atoms with Crippen molar-refractivity contribution in [3.05, 3.63) is 11.6 Å². The van der Waals surface area contributed by atoms with E-state index < -0.39 is 0 Å². The summed E-state index contributed by atoms with van der Waals surface area (Å²) in [6, 6.07) is 0. The second-order valence-electron chi connectivity index (χ2n) is 10.1. The normalized spacial score (nSPS) is 52.4. The predicted octanol–water partition coefficient (Wildman–Crippen LogP) is 4.94. The summed E-state index contributed by atoms with van der Waals surface area (Å²) >= 11 is 0. The Morgan fingerprint density at radius 2 is 1.96 bits per heavy atom. The van der Waals surface area contributed by atoms with Gasteiger partial charge in [0.15, 0.2) is 0 Å². The van der Waals surface area contributed by atoms with Gasteiger partial charge in [-0.1, -0.05) is 25.5 Å². The summed E-state index contributed by atoms with van der Waals surface area (Å²) in [6.45, 7) is 7.59. The van der Waals surface area contributed by atoms with Gasteiger partial charge in [-0.2, -0.15) is 0 Å². The lowest BCUT2D eigenvalue weighted by Gasteiger charge is -2.61. The van der Waals surface area contributed by atoms with Crippen molar-refractivity contribution in [2.45, 2.75) is 84.3 Å². The zero-order chi connectivity index (χ0) is 18.5. The molecule has 0 bridgehead atoms. The molecule has 0 spiro atoms. The lowest BCUT2D eigenvalue weighted by Crippen LogP contribution is -2.56. The quantitative estimate of drug-likeness (QED) is 0.571. The zero-order valence-corrected chi connectivity index (χ0v) is 17.2. The first kappa shape index (κ1) is 19.0. The number of allylic oxidation sites excluding steroid dienone is 2. The second-order valence-corrected chi connectivity index (χ2v) is 10.1. The van der Waals surface area contributed by atoms with Crippen molar-refractivity contribution in [3.63, 3.8) is 0 Å². The molecule has 0 saturated heterocycles. The van der Waals surface area contributed by atoms with Crippen LogP contribution in [0.3, 0.4) is 0 Å². The molecule has 26 heavy (non-hydrogen) atoms. The highest BCUT2D eigenvalue weighted by Gasteiger charge is 2.60. The van der Waals surface area contributed by atoms with Crippen molar-refractivity contribution in [1.29, 1.82) is 0 Å². The van der Waals surface area contributed by atoms with Crippen LogP contribution < -0.4 is 0 Å². The summed E-state index contributed by atoms with van der Waals surface area (Å²) in [5.74, 6) is 3.20. The van der Waals surface area contributed by atoms with Crippen LogP contribution >= 0.6 is 0 Å². The van der Waals surface area contributed by atoms with Crippen LogP contribution in [-0.2, 0) is 9.47 Å². The van der Waals surface area contributed by atoms with E-state index in [1.807, 2.05) is 0 Å². The molecule has 4 aliphatic carbocycles. The number of rotatable bonds is 3. The molecule has 0 aromatic heterocycles. The number of hydrogen-bond acceptors (Lipinski definition) is 3. The van der Waals surface area contributed by atoms with E-state index in [1.165, 1.54) is 38.5 Å². The third kappa shape index (κ3) is 2.72. The van der Waals surface area contributed by atoms with E-state index in [1.54, 1.807) is 12.7 Å². The lowest BCUT2D eigenvalue weighted by atomic mass is 9.44. The van der Waals surface area contributed by atoms with E-state index in [-0.39, 0.29) is 17.6 Å². The molecule has 0 heterocycles. The molecule has 0 unspecified atom stereocenters. The van der Waals surface area contributed by atoms with Crippen LogP contribution in [0.4, 0.5) is 0 Å². The highest BCUT2D eigenvalue weighted by Crippen LogP contribution is 2.67. The minimum Gasteiger partial charge on any atom is -0.390 e. The molecule has 4 rings (SSSR count). The molecule has 0 aromatic rings. The number of fused-ring (bicyclic) bond motifs is 5. The predicted molar refractivity (Wildman–Crippen MR) is 104 cm³/mol. The first-order chi connectivity index (χ1) is 12.4. The molecule has 4 fully saturated rings. The molecule has 4 saturated carbocycles. The largest absolute Gasteiger partial charge is 0.390 e. The highest BCUT2D eigenvalue weighted by molar-refractivity contribution is 5.23. The lowest BCUT2D eigenvalue weighted by molar-refractivity contribution is -0.187. The van der Waals surface area contributed by atoms with Crippen LogP contribution in [0, 0.1) is 34.5 Å². The minimum atomic E-state index is -0.340. The van der Waals surface area contributed by atoms with Crippen LogP contribution in [-0.4, -0.2) is 31.2 Å². The molecule has 0 amide bonds. The highest BCUT2D eigenvalue weighted by atomic mass is 16.7. The Hall–Kier alpha value is -0.380. The first-order valence-corrected chi connectivity index (χ1v) is 10.9. The Bertz CT molecular complexity index is 558. The maximum absolute atomic E-state index is 10.8. The first-order valence-electron chi connectivity index (χ1n) is 10.9. The number of hydrogen-bond donors (Lipinski definition) is 1. The van der Waals surface area contributed by atoms with Gasteiger partial charge < -0.3 is 14.6 Å². The molecular weight excluding hydrogens is 324 g/mol. The summed E-state index contributed by atoms with van der Waals surface area (Å²) in [5, 5.41) is 10.8. The molecule has 8 atom stereocenters. The van der Waals surface area contributed by atoms with Crippen LogP contribution in [0.25, 0.3) is 0 Å². The van der Waals surface area contributed by atoms with Crippen molar-refractivity contribution in [2.24, 2.45) is 34.5 Å². The van der Waals surface area contributed by atoms with Gasteiger partial charge >= 0.3 is 0 Å². The molecule has 1 N–H and O–H groups in total. The van der Waals surface area contributed by atoms with E-state index in [9.17, 15) is 5.11 Å². The Balaban J connectivity index is 1.55. The van der Waals surface area contributed by atoms with E-state index in [4.69, 9.17) is 9.47 Å². The van der Waals surface area contributed by atoms with Crippen molar-refractivity contribution < 1.29 is 14.6 Å². The molecule has 0 aliphatic heterocycles. The van der Waals surface area contributed by atoms with Gasteiger partial charge in [0.1, 0.15) is 6.79 Å². The Kier molecular flexibility index (Phi) is 5.03. The maximum atomic E-state index is 10.8. The average molecular weight is 363 g/mol. The zero-order valence-electron chi connectivity index (χ0n) is 17.2. The molecule has 148 valence electrons. The smallest absolute Gasteiger partial charge is 0.146 e. The molecule has 3 heteroatoms. The van der Waals surface area contributed by atoms with E-state index >= 15 is 0 Å². The second kappa shape index (κ2) is 6.90. The van der Waals surface area contributed by atoms with E-state index in [0.29, 0.717) is 18.1 Å². The van der Waals surface area contributed by atoms with Crippen molar-refractivity contribution in [1.82, 2.24) is 0 Å². The van der Waals surface area contributed by atoms with Gasteiger partial charge in [-0.3, -0.25) is 0 Å². The van der Waals surface area contributed by atoms with E-state index in [0.717, 1.165) is 30.6 Å². The van der Waals surface area contributed by atoms with Crippen molar-refractivity contribution in [2.75, 3.05) is 13.9 Å². The summed E-state index contributed by atoms with van der Waals surface area (Å²) in [4.78, 5) is 0. The van der Waals surface area contributed by atoms with Gasteiger partial charge in [0.05, 0.1) is 12.2 Å². The van der Waals surface area contributed by atoms with Gasteiger partial charge in [-0.25, -0.2) is 0 Å². The van der Waals surface area contributed by atoms with Crippen molar-refractivity contribution in [3.8, 4) is 0 Å². The number of aliphatic hydroxyl groups excluding tert-OH is 1. The fourth-order valence-corrected chi connectivity index (χ4v) is 7.92. The van der Waals surface area contributed by atoms with Crippen LogP contribution in [0.5, 0.6) is 0 Å². The number of aliphatic hydroxyl groups is 1. The summed E-state index contributed by atoms with van der Waals surface area (Å²) in [5.41, 5.74) is 2.47. The Morgan fingerprint density at radius 3 is 2.69 bits per heavy atom. The summed E-state index contributed by atoms with van der Waals surface area (Å²) in [7, 11) is 1.66. The topological polar surface area (TPSA) is 38.7 Å². The number of methoxy groups -OCH3 is 1. The van der Waals surface area contributed by atoms with Gasteiger partial charge in [-0.15, -0.1) is 0 Å². The molecule has 0 aromatic carbocycles. The summed E-state index contributed by atoms with van der Waals surface area (Å²) in [6.07, 6.45) is 12.0. The third-order valence-corrected chi connectivity index (χ3v) is 9.26. The van der Waals surface area contributed by atoms with E-state index in [2.05, 4.69) is 26.8 Å². The Morgan fingerprint density at radius 1 is 1.15 bits per heavy atom. The summed E-state index contributed by atoms with van der Waals surface area (Å²) < 4.78 is 10.9. The minimum absolute atomic E-state index is 0.0421. The van der Waals surface area contributed by atoms with Gasteiger partial charge in [0, 0.05) is 7.11 Å². The fraction of sp³-hybridized carbons (Fsp3) is 0.913. The van der Waals surface area contributed by atoms with Gasteiger partial charge in [0.2, 0.25) is 0 Å². The molecule has 0 radical (unpaired) electrons. The standard InChI is InChI=1S/C23H38O3/c1-5-15-7-9-18-17-8-6-16-12-21(26-14-25-4)20(24)13-23(16,3)19(17)10-11-22(15,18)2/h5,16-21,24H,6-14H2,1-4H3/t16-,17-,18-,19-,20-,21-,22+,23-/m0/s1. The SMILES string of the molecule is CC=C1CC[C@H]2[C@@H]3CC[C@H]4C[C@H](OCOC)[C@@H](O)C[C@]4(C)[C@H]3CC[C@]12C. The Labute approximate surface area is 159 Å². The average Bonchev–Trinajstić information content (AvgIpc) is 2.96. The van der Waals surface area contributed by atoms with Crippen LogP contribution in [0.15, 0.2) is 11.6 Å². The molecular formula is C23H38O3. The van der Waals surface area contributed by atoms with Gasteiger partial charge in [0.25, 0.3) is 0 Å².